The molecule has 0 saturated carbocycles. The Kier molecular flexibility index (Phi) is 4.25. The Hall–Kier alpha value is -0.560. The number of aromatic amines is 1. The summed E-state index contributed by atoms with van der Waals surface area (Å²) in [5.41, 5.74) is -0.478. The Labute approximate surface area is 129 Å². The SMILES string of the molecule is CC(C)(C)OC(=O)N1CCC[C@H]1c1nc(Br)c(Br)[nH]1. The normalized spacial score (nSPS) is 19.8. The van der Waals surface area contributed by atoms with Crippen molar-refractivity contribution in [2.24, 2.45) is 0 Å². The lowest BCUT2D eigenvalue weighted by atomic mass is 10.2. The molecule has 0 radical (unpaired) electrons. The zero-order valence-corrected chi connectivity index (χ0v) is 14.3. The van der Waals surface area contributed by atoms with Crippen LogP contribution in [-0.4, -0.2) is 33.1 Å². The second-order valence-corrected chi connectivity index (χ2v) is 7.10. The Morgan fingerprint density at radius 3 is 2.68 bits per heavy atom. The number of rotatable bonds is 1. The van der Waals surface area contributed by atoms with E-state index in [1.54, 1.807) is 4.90 Å². The summed E-state index contributed by atoms with van der Waals surface area (Å²) in [6.07, 6.45) is 1.57. The molecule has 1 N–H and O–H groups in total. The lowest BCUT2D eigenvalue weighted by Crippen LogP contribution is -2.36. The van der Waals surface area contributed by atoms with Crippen molar-refractivity contribution in [2.75, 3.05) is 6.54 Å². The number of aromatic nitrogens is 2. The van der Waals surface area contributed by atoms with Gasteiger partial charge >= 0.3 is 6.09 Å². The average molecular weight is 395 g/mol. The summed E-state index contributed by atoms with van der Waals surface area (Å²) in [7, 11) is 0. The first-order chi connectivity index (χ1) is 8.78. The molecule has 2 rings (SSSR count). The van der Waals surface area contributed by atoms with Gasteiger partial charge in [-0.15, -0.1) is 0 Å². The molecule has 106 valence electrons. The molecule has 1 aliphatic rings. The van der Waals surface area contributed by atoms with Crippen molar-refractivity contribution < 1.29 is 9.53 Å². The van der Waals surface area contributed by atoms with E-state index in [9.17, 15) is 4.79 Å². The monoisotopic (exact) mass is 393 g/mol. The van der Waals surface area contributed by atoms with E-state index in [2.05, 4.69) is 41.8 Å². The van der Waals surface area contributed by atoms with E-state index in [1.165, 1.54) is 0 Å². The fourth-order valence-electron chi connectivity index (χ4n) is 2.09. The molecule has 1 aromatic rings. The first kappa shape index (κ1) is 14.8. The molecule has 0 aromatic carbocycles. The van der Waals surface area contributed by atoms with Gasteiger partial charge in [-0.1, -0.05) is 0 Å². The number of nitrogens with one attached hydrogen (secondary N) is 1. The summed E-state index contributed by atoms with van der Waals surface area (Å²) in [6.45, 7) is 6.32. The average Bonchev–Trinajstić information content (AvgIpc) is 2.83. The van der Waals surface area contributed by atoms with Crippen molar-refractivity contribution in [1.29, 1.82) is 0 Å². The van der Waals surface area contributed by atoms with E-state index >= 15 is 0 Å². The summed E-state index contributed by atoms with van der Waals surface area (Å²) in [5.74, 6) is 0.780. The topological polar surface area (TPSA) is 58.2 Å². The summed E-state index contributed by atoms with van der Waals surface area (Å²) >= 11 is 6.71. The highest BCUT2D eigenvalue weighted by atomic mass is 79.9. The molecule has 1 aliphatic heterocycles. The maximum atomic E-state index is 12.2. The molecule has 7 heteroatoms. The van der Waals surface area contributed by atoms with Gasteiger partial charge in [0.25, 0.3) is 0 Å². The smallest absolute Gasteiger partial charge is 0.410 e. The van der Waals surface area contributed by atoms with E-state index in [0.29, 0.717) is 6.54 Å². The summed E-state index contributed by atoms with van der Waals surface area (Å²) in [5, 5.41) is 0. The molecule has 1 saturated heterocycles. The van der Waals surface area contributed by atoms with Gasteiger partial charge in [0.1, 0.15) is 20.6 Å². The first-order valence-corrected chi connectivity index (χ1v) is 7.77. The van der Waals surface area contributed by atoms with Crippen LogP contribution in [0, 0.1) is 0 Å². The minimum atomic E-state index is -0.478. The number of amides is 1. The third-order valence-corrected chi connectivity index (χ3v) is 4.51. The van der Waals surface area contributed by atoms with Gasteiger partial charge in [0, 0.05) is 6.54 Å². The molecular formula is C12H17Br2N3O2. The lowest BCUT2D eigenvalue weighted by molar-refractivity contribution is 0.0218. The number of imidazole rings is 1. The summed E-state index contributed by atoms with van der Waals surface area (Å²) in [4.78, 5) is 21.4. The highest BCUT2D eigenvalue weighted by molar-refractivity contribution is 9.13. The molecule has 1 fully saturated rings. The van der Waals surface area contributed by atoms with Gasteiger partial charge < -0.3 is 9.72 Å². The van der Waals surface area contributed by atoms with Crippen LogP contribution in [0.3, 0.4) is 0 Å². The van der Waals surface area contributed by atoms with Gasteiger partial charge in [0.15, 0.2) is 0 Å². The van der Waals surface area contributed by atoms with Gasteiger partial charge in [-0.25, -0.2) is 9.78 Å². The quantitative estimate of drug-likeness (QED) is 0.782. The molecule has 2 heterocycles. The maximum Gasteiger partial charge on any atom is 0.410 e. The molecular weight excluding hydrogens is 378 g/mol. The fraction of sp³-hybridized carbons (Fsp3) is 0.667. The van der Waals surface area contributed by atoms with Crippen LogP contribution in [0.25, 0.3) is 0 Å². The van der Waals surface area contributed by atoms with Crippen LogP contribution < -0.4 is 0 Å². The third kappa shape index (κ3) is 3.51. The summed E-state index contributed by atoms with van der Waals surface area (Å²) in [6, 6.07) is -0.0440. The van der Waals surface area contributed by atoms with E-state index < -0.39 is 5.60 Å². The number of ether oxygens (including phenoxy) is 1. The predicted molar refractivity (Wildman–Crippen MR) is 78.9 cm³/mol. The first-order valence-electron chi connectivity index (χ1n) is 6.18. The number of halogens is 2. The molecule has 0 unspecified atom stereocenters. The predicted octanol–water partition coefficient (Wildman–Crippen LogP) is 4.01. The van der Waals surface area contributed by atoms with Gasteiger partial charge in [-0.05, 0) is 65.5 Å². The van der Waals surface area contributed by atoms with E-state index in [4.69, 9.17) is 4.74 Å². The number of carbonyl (C=O) groups excluding carboxylic acids is 1. The van der Waals surface area contributed by atoms with Crippen LogP contribution >= 0.6 is 31.9 Å². The number of nitrogens with zero attached hydrogens (tertiary/aromatic N) is 2. The standard InChI is InChI=1S/C12H17Br2N3O2/c1-12(2,3)19-11(18)17-6-4-5-7(17)10-15-8(13)9(14)16-10/h7H,4-6H2,1-3H3,(H,15,16)/t7-/m0/s1. The van der Waals surface area contributed by atoms with Crippen molar-refractivity contribution in [3.63, 3.8) is 0 Å². The van der Waals surface area contributed by atoms with Crippen LogP contribution in [0.4, 0.5) is 4.79 Å². The number of hydrogen-bond donors (Lipinski definition) is 1. The molecule has 1 aromatic heterocycles. The lowest BCUT2D eigenvalue weighted by Gasteiger charge is -2.27. The van der Waals surface area contributed by atoms with Gasteiger partial charge in [-0.3, -0.25) is 4.90 Å². The van der Waals surface area contributed by atoms with Crippen molar-refractivity contribution in [2.45, 2.75) is 45.3 Å². The Morgan fingerprint density at radius 2 is 2.16 bits per heavy atom. The van der Waals surface area contributed by atoms with Gasteiger partial charge in [0.2, 0.25) is 0 Å². The van der Waals surface area contributed by atoms with Crippen molar-refractivity contribution in [3.05, 3.63) is 15.0 Å². The van der Waals surface area contributed by atoms with Crippen LogP contribution in [-0.2, 0) is 4.74 Å². The Balaban J connectivity index is 2.15. The number of carbonyl (C=O) groups is 1. The summed E-state index contributed by atoms with van der Waals surface area (Å²) < 4.78 is 6.94. The number of hydrogen-bond acceptors (Lipinski definition) is 3. The molecule has 0 bridgehead atoms. The van der Waals surface area contributed by atoms with E-state index in [1.807, 2.05) is 20.8 Å². The fourth-order valence-corrected chi connectivity index (χ4v) is 2.68. The Bertz CT molecular complexity index is 462. The second-order valence-electron chi connectivity index (χ2n) is 5.56. The van der Waals surface area contributed by atoms with E-state index in [0.717, 1.165) is 27.9 Å². The zero-order chi connectivity index (χ0) is 14.2. The molecule has 1 atom stereocenters. The van der Waals surface area contributed by atoms with Crippen LogP contribution in [0.15, 0.2) is 9.21 Å². The number of H-pyrrole nitrogens is 1. The highest BCUT2D eigenvalue weighted by Crippen LogP contribution is 2.33. The number of likely N-dealkylation sites (tertiary alicyclic amines) is 1. The molecule has 1 amide bonds. The third-order valence-electron chi connectivity index (χ3n) is 2.83. The van der Waals surface area contributed by atoms with Crippen molar-refractivity contribution in [3.8, 4) is 0 Å². The van der Waals surface area contributed by atoms with Crippen LogP contribution in [0.5, 0.6) is 0 Å². The molecule has 0 aliphatic carbocycles. The zero-order valence-electron chi connectivity index (χ0n) is 11.2. The minimum Gasteiger partial charge on any atom is -0.444 e. The van der Waals surface area contributed by atoms with Gasteiger partial charge in [0.05, 0.1) is 6.04 Å². The second kappa shape index (κ2) is 5.44. The van der Waals surface area contributed by atoms with E-state index in [-0.39, 0.29) is 12.1 Å². The van der Waals surface area contributed by atoms with Crippen LogP contribution in [0.2, 0.25) is 0 Å². The van der Waals surface area contributed by atoms with Crippen LogP contribution in [0.1, 0.15) is 45.5 Å². The maximum absolute atomic E-state index is 12.2. The molecule has 19 heavy (non-hydrogen) atoms. The van der Waals surface area contributed by atoms with Gasteiger partial charge in [-0.2, -0.15) is 0 Å². The molecule has 0 spiro atoms. The minimum absolute atomic E-state index is 0.0440. The highest BCUT2D eigenvalue weighted by Gasteiger charge is 2.35. The van der Waals surface area contributed by atoms with Crippen molar-refractivity contribution >= 4 is 38.0 Å². The molecule has 5 nitrogen and oxygen atoms in total. The largest absolute Gasteiger partial charge is 0.444 e. The Morgan fingerprint density at radius 1 is 1.47 bits per heavy atom. The van der Waals surface area contributed by atoms with Crippen molar-refractivity contribution in [1.82, 2.24) is 14.9 Å².